The Morgan fingerprint density at radius 2 is 1.68 bits per heavy atom. The van der Waals surface area contributed by atoms with Crippen molar-refractivity contribution in [2.24, 2.45) is 0 Å². The Labute approximate surface area is 235 Å². The smallest absolute Gasteiger partial charge is 0.408 e. The Morgan fingerprint density at radius 1 is 1.02 bits per heavy atom. The van der Waals surface area contributed by atoms with Crippen molar-refractivity contribution in [2.75, 3.05) is 13.2 Å². The third-order valence-corrected chi connectivity index (χ3v) is 6.16. The van der Waals surface area contributed by atoms with E-state index >= 15 is 0 Å². The molecule has 0 heterocycles. The maximum absolute atomic E-state index is 14.2. The van der Waals surface area contributed by atoms with E-state index in [0.29, 0.717) is 12.8 Å². The zero-order valence-corrected chi connectivity index (χ0v) is 23.5. The predicted molar refractivity (Wildman–Crippen MR) is 148 cm³/mol. The van der Waals surface area contributed by atoms with E-state index in [-0.39, 0.29) is 43.3 Å². The van der Waals surface area contributed by atoms with Crippen molar-refractivity contribution in [2.45, 2.75) is 77.1 Å². The highest BCUT2D eigenvalue weighted by molar-refractivity contribution is 5.93. The topological polar surface area (TPSA) is 134 Å². The molecule has 1 aliphatic rings. The van der Waals surface area contributed by atoms with Crippen molar-refractivity contribution < 1.29 is 33.8 Å². The van der Waals surface area contributed by atoms with E-state index in [1.54, 1.807) is 45.9 Å². The number of benzene rings is 2. The number of amides is 3. The van der Waals surface area contributed by atoms with E-state index in [1.807, 2.05) is 30.3 Å². The van der Waals surface area contributed by atoms with Crippen molar-refractivity contribution in [1.82, 2.24) is 15.5 Å². The van der Waals surface area contributed by atoms with Crippen LogP contribution >= 0.6 is 0 Å². The van der Waals surface area contributed by atoms with E-state index in [2.05, 4.69) is 10.6 Å². The van der Waals surface area contributed by atoms with Gasteiger partial charge in [0.05, 0.1) is 13.0 Å². The number of aromatic hydroxyl groups is 1. The molecule has 216 valence electrons. The van der Waals surface area contributed by atoms with Gasteiger partial charge in [0.2, 0.25) is 11.8 Å². The molecule has 10 nitrogen and oxygen atoms in total. The van der Waals surface area contributed by atoms with Gasteiger partial charge in [-0.3, -0.25) is 14.4 Å². The lowest BCUT2D eigenvalue weighted by Gasteiger charge is -2.35. The van der Waals surface area contributed by atoms with Crippen LogP contribution in [0.3, 0.4) is 0 Å². The number of rotatable bonds is 12. The van der Waals surface area contributed by atoms with Crippen LogP contribution in [-0.2, 0) is 30.3 Å². The first-order chi connectivity index (χ1) is 19.0. The number of esters is 1. The zero-order chi connectivity index (χ0) is 29.3. The molecule has 0 radical (unpaired) electrons. The lowest BCUT2D eigenvalue weighted by atomic mass is 9.99. The molecular formula is C30H39N3O7. The number of ether oxygens (including phenoxy) is 2. The Morgan fingerprint density at radius 3 is 2.27 bits per heavy atom. The van der Waals surface area contributed by atoms with Crippen LogP contribution < -0.4 is 10.6 Å². The van der Waals surface area contributed by atoms with Gasteiger partial charge in [-0.15, -0.1) is 0 Å². The number of nitrogens with zero attached hydrogens (tertiary/aromatic N) is 1. The molecule has 2 unspecified atom stereocenters. The molecule has 1 fully saturated rings. The number of hydrogen-bond donors (Lipinski definition) is 3. The second-order valence-electron chi connectivity index (χ2n) is 10.7. The minimum Gasteiger partial charge on any atom is -0.508 e. The summed E-state index contributed by atoms with van der Waals surface area (Å²) in [6.45, 7) is 7.10. The predicted octanol–water partition coefficient (Wildman–Crippen LogP) is 3.63. The highest BCUT2D eigenvalue weighted by Gasteiger charge is 2.44. The Bertz CT molecular complexity index is 1180. The molecule has 3 N–H and O–H groups in total. The van der Waals surface area contributed by atoms with Crippen molar-refractivity contribution in [3.8, 4) is 5.75 Å². The number of carbonyl (C=O) groups is 4. The summed E-state index contributed by atoms with van der Waals surface area (Å²) in [6.07, 6.45) is 0.698. The van der Waals surface area contributed by atoms with Gasteiger partial charge in [-0.1, -0.05) is 48.5 Å². The fraction of sp³-hybridized carbons (Fsp3) is 0.467. The second kappa shape index (κ2) is 13.8. The molecule has 40 heavy (non-hydrogen) atoms. The number of phenolic OH excluding ortho intramolecular Hbond substituents is 1. The quantitative estimate of drug-likeness (QED) is 0.342. The van der Waals surface area contributed by atoms with E-state index in [0.717, 1.165) is 5.56 Å². The van der Waals surface area contributed by atoms with Gasteiger partial charge in [0.25, 0.3) is 0 Å². The Kier molecular flexibility index (Phi) is 10.5. The van der Waals surface area contributed by atoms with E-state index < -0.39 is 41.6 Å². The molecule has 10 heteroatoms. The fourth-order valence-electron chi connectivity index (χ4n) is 4.30. The first kappa shape index (κ1) is 30.5. The standard InChI is InChI=1S/C30H39N3O7/c1-5-39-25(35)17-18-31-27(36)26(22-13-9-10-14-24(22)34)33(21-15-16-21)28(37)23(19-20-11-7-6-8-12-20)32-29(38)40-30(2,3)4/h6-14,21,23,26,34H,5,15-19H2,1-4H3,(H,31,36)(H,32,38). The number of alkyl carbamates (subject to hydrolysis) is 1. The molecule has 3 rings (SSSR count). The van der Waals surface area contributed by atoms with Crippen LogP contribution in [0.4, 0.5) is 4.79 Å². The molecule has 1 aliphatic carbocycles. The maximum Gasteiger partial charge on any atom is 0.408 e. The zero-order valence-electron chi connectivity index (χ0n) is 23.5. The van der Waals surface area contributed by atoms with Gasteiger partial charge < -0.3 is 30.1 Å². The average Bonchev–Trinajstić information content (AvgIpc) is 3.72. The lowest BCUT2D eigenvalue weighted by molar-refractivity contribution is -0.144. The van der Waals surface area contributed by atoms with Gasteiger partial charge in [-0.25, -0.2) is 4.79 Å². The van der Waals surface area contributed by atoms with Crippen molar-refractivity contribution >= 4 is 23.9 Å². The van der Waals surface area contributed by atoms with Crippen LogP contribution in [0.2, 0.25) is 0 Å². The normalized spacial score (nSPS) is 14.4. The molecule has 0 saturated heterocycles. The average molecular weight is 554 g/mol. The lowest BCUT2D eigenvalue weighted by Crippen LogP contribution is -2.54. The molecule has 2 atom stereocenters. The molecular weight excluding hydrogens is 514 g/mol. The third kappa shape index (κ3) is 9.00. The molecule has 2 aromatic rings. The van der Waals surface area contributed by atoms with Gasteiger partial charge in [-0.2, -0.15) is 0 Å². The summed E-state index contributed by atoms with van der Waals surface area (Å²) in [7, 11) is 0. The number of phenols is 1. The summed E-state index contributed by atoms with van der Waals surface area (Å²) in [5.41, 5.74) is 0.274. The van der Waals surface area contributed by atoms with E-state index in [9.17, 15) is 24.3 Å². The van der Waals surface area contributed by atoms with Gasteiger partial charge in [0.1, 0.15) is 23.4 Å². The summed E-state index contributed by atoms with van der Waals surface area (Å²) >= 11 is 0. The van der Waals surface area contributed by atoms with E-state index in [4.69, 9.17) is 9.47 Å². The van der Waals surface area contributed by atoms with Gasteiger partial charge >= 0.3 is 12.1 Å². The Hall–Kier alpha value is -4.08. The number of carbonyl (C=O) groups excluding carboxylic acids is 4. The maximum atomic E-state index is 14.2. The van der Waals surface area contributed by atoms with Crippen molar-refractivity contribution in [1.29, 1.82) is 0 Å². The molecule has 0 spiro atoms. The molecule has 0 bridgehead atoms. The van der Waals surface area contributed by atoms with Gasteiger partial charge in [0, 0.05) is 24.6 Å². The molecule has 0 aliphatic heterocycles. The molecule has 0 aromatic heterocycles. The summed E-state index contributed by atoms with van der Waals surface area (Å²) in [6, 6.07) is 13.0. The SMILES string of the molecule is CCOC(=O)CCNC(=O)C(c1ccccc1O)N(C(=O)C(Cc1ccccc1)NC(=O)OC(C)(C)C)C1CC1. The molecule has 1 saturated carbocycles. The number of nitrogens with one attached hydrogen (secondary N) is 2. The number of hydrogen-bond acceptors (Lipinski definition) is 7. The summed E-state index contributed by atoms with van der Waals surface area (Å²) in [5.74, 6) is -1.64. The van der Waals surface area contributed by atoms with Crippen LogP contribution in [-0.4, -0.2) is 64.7 Å². The summed E-state index contributed by atoms with van der Waals surface area (Å²) in [4.78, 5) is 53.9. The van der Waals surface area contributed by atoms with Crippen molar-refractivity contribution in [3.63, 3.8) is 0 Å². The van der Waals surface area contributed by atoms with Crippen LogP contribution in [0.5, 0.6) is 5.75 Å². The minimum atomic E-state index is -1.19. The summed E-state index contributed by atoms with van der Waals surface area (Å²) < 4.78 is 10.4. The highest BCUT2D eigenvalue weighted by Crippen LogP contribution is 2.38. The minimum absolute atomic E-state index is 0.00192. The Balaban J connectivity index is 1.95. The van der Waals surface area contributed by atoms with Gasteiger partial charge in [-0.05, 0) is 52.2 Å². The highest BCUT2D eigenvalue weighted by atomic mass is 16.6. The molecule has 2 aromatic carbocycles. The summed E-state index contributed by atoms with van der Waals surface area (Å²) in [5, 5.41) is 16.1. The first-order valence-electron chi connectivity index (χ1n) is 13.6. The third-order valence-electron chi connectivity index (χ3n) is 6.16. The first-order valence-corrected chi connectivity index (χ1v) is 13.6. The number of para-hydroxylation sites is 1. The fourth-order valence-corrected chi connectivity index (χ4v) is 4.30. The van der Waals surface area contributed by atoms with Crippen LogP contribution in [0, 0.1) is 0 Å². The van der Waals surface area contributed by atoms with Crippen molar-refractivity contribution in [3.05, 3.63) is 65.7 Å². The second-order valence-corrected chi connectivity index (χ2v) is 10.7. The van der Waals surface area contributed by atoms with Crippen LogP contribution in [0.1, 0.15) is 64.1 Å². The van der Waals surface area contributed by atoms with Crippen LogP contribution in [0.15, 0.2) is 54.6 Å². The van der Waals surface area contributed by atoms with Gasteiger partial charge in [0.15, 0.2) is 0 Å². The van der Waals surface area contributed by atoms with E-state index in [1.165, 1.54) is 11.0 Å². The monoisotopic (exact) mass is 553 g/mol. The largest absolute Gasteiger partial charge is 0.508 e. The van der Waals surface area contributed by atoms with Crippen LogP contribution in [0.25, 0.3) is 0 Å². The molecule has 3 amide bonds.